The average molecular weight is 303 g/mol. The van der Waals surface area contributed by atoms with Crippen molar-refractivity contribution in [2.75, 3.05) is 6.61 Å². The summed E-state index contributed by atoms with van der Waals surface area (Å²) in [7, 11) is 1.70. The summed E-state index contributed by atoms with van der Waals surface area (Å²) < 4.78 is 28.7. The van der Waals surface area contributed by atoms with Crippen LogP contribution in [0.2, 0.25) is 0 Å². The Kier molecular flexibility index (Phi) is 5.04. The molecule has 0 atom stereocenters. The first kappa shape index (κ1) is 16.1. The van der Waals surface area contributed by atoms with Crippen molar-refractivity contribution in [2.45, 2.75) is 39.5 Å². The van der Waals surface area contributed by atoms with Crippen molar-refractivity contribution in [1.82, 2.24) is 0 Å². The molecule has 0 fully saturated rings. The highest BCUT2D eigenvalue weighted by molar-refractivity contribution is 8.13. The molecule has 0 aliphatic carbocycles. The highest BCUT2D eigenvalue weighted by Crippen LogP contribution is 2.32. The first-order valence-electron chi connectivity index (χ1n) is 5.96. The van der Waals surface area contributed by atoms with Crippen molar-refractivity contribution < 1.29 is 13.2 Å². The molecule has 0 spiro atoms. The van der Waals surface area contributed by atoms with Crippen LogP contribution in [-0.2, 0) is 9.05 Å². The molecule has 106 valence electrons. The molecule has 3 nitrogen and oxygen atoms in total. The molecule has 0 heterocycles. The van der Waals surface area contributed by atoms with Crippen LogP contribution in [0.15, 0.2) is 22.6 Å². The number of ether oxygens (including phenoxy) is 1. The summed E-state index contributed by atoms with van der Waals surface area (Å²) in [6.07, 6.45) is 1.97. The van der Waals surface area contributed by atoms with Crippen molar-refractivity contribution >= 4 is 19.7 Å². The summed E-state index contributed by atoms with van der Waals surface area (Å²) in [5.41, 5.74) is 3.38. The van der Waals surface area contributed by atoms with Crippen LogP contribution >= 0.6 is 10.7 Å². The van der Waals surface area contributed by atoms with E-state index in [0.717, 1.165) is 16.9 Å². The summed E-state index contributed by atoms with van der Waals surface area (Å²) in [4.78, 5) is 0.152. The molecular weight excluding hydrogens is 284 g/mol. The molecule has 1 rings (SSSR count). The number of aryl methyl sites for hydroxylation is 1. The third kappa shape index (κ3) is 3.98. The van der Waals surface area contributed by atoms with Gasteiger partial charge in [-0.05, 0) is 63.5 Å². The van der Waals surface area contributed by atoms with E-state index in [4.69, 9.17) is 15.4 Å². The van der Waals surface area contributed by atoms with Gasteiger partial charge in [-0.3, -0.25) is 0 Å². The standard InChI is InChI=1S/C14H19ClO3S/c1-9(2)6-7-18-14-10(3)8-13(19(15,16)17)11(4)12(14)5/h6,8H,7H2,1-5H3. The van der Waals surface area contributed by atoms with Crippen LogP contribution in [0.1, 0.15) is 30.5 Å². The average Bonchev–Trinajstić information content (AvgIpc) is 2.26. The van der Waals surface area contributed by atoms with Crippen molar-refractivity contribution in [3.05, 3.63) is 34.4 Å². The maximum absolute atomic E-state index is 11.5. The van der Waals surface area contributed by atoms with E-state index >= 15 is 0 Å². The van der Waals surface area contributed by atoms with E-state index in [9.17, 15) is 8.42 Å². The van der Waals surface area contributed by atoms with E-state index in [1.165, 1.54) is 5.57 Å². The van der Waals surface area contributed by atoms with Crippen molar-refractivity contribution in [1.29, 1.82) is 0 Å². The molecule has 19 heavy (non-hydrogen) atoms. The van der Waals surface area contributed by atoms with E-state index in [1.807, 2.05) is 33.8 Å². The number of benzene rings is 1. The molecular formula is C14H19ClO3S. The SMILES string of the molecule is CC(C)=CCOc1c(C)cc(S(=O)(=O)Cl)c(C)c1C. The number of allylic oxidation sites excluding steroid dienone is 1. The van der Waals surface area contributed by atoms with Crippen LogP contribution in [0, 0.1) is 20.8 Å². The van der Waals surface area contributed by atoms with Gasteiger partial charge in [-0.15, -0.1) is 0 Å². The van der Waals surface area contributed by atoms with Crippen molar-refractivity contribution in [2.24, 2.45) is 0 Å². The van der Waals surface area contributed by atoms with Gasteiger partial charge in [-0.2, -0.15) is 0 Å². The van der Waals surface area contributed by atoms with Crippen LogP contribution in [0.25, 0.3) is 0 Å². The van der Waals surface area contributed by atoms with E-state index in [2.05, 4.69) is 0 Å². The second kappa shape index (κ2) is 5.97. The molecule has 0 aromatic heterocycles. The fourth-order valence-electron chi connectivity index (χ4n) is 1.79. The van der Waals surface area contributed by atoms with Crippen molar-refractivity contribution in [3.8, 4) is 5.75 Å². The molecule has 0 saturated heterocycles. The van der Waals surface area contributed by atoms with Gasteiger partial charge in [0.05, 0.1) is 4.90 Å². The van der Waals surface area contributed by atoms with Crippen LogP contribution < -0.4 is 4.74 Å². The highest BCUT2D eigenvalue weighted by atomic mass is 35.7. The quantitative estimate of drug-likeness (QED) is 0.626. The van der Waals surface area contributed by atoms with E-state index in [0.29, 0.717) is 12.2 Å². The lowest BCUT2D eigenvalue weighted by Crippen LogP contribution is -2.04. The minimum absolute atomic E-state index is 0.152. The molecule has 1 aromatic rings. The minimum atomic E-state index is -3.72. The molecule has 0 radical (unpaired) electrons. The molecule has 0 bridgehead atoms. The van der Waals surface area contributed by atoms with E-state index in [1.54, 1.807) is 13.0 Å². The highest BCUT2D eigenvalue weighted by Gasteiger charge is 2.19. The largest absolute Gasteiger partial charge is 0.489 e. The third-order valence-electron chi connectivity index (χ3n) is 2.96. The fraction of sp³-hybridized carbons (Fsp3) is 0.429. The predicted octanol–water partition coefficient (Wildman–Crippen LogP) is 3.88. The summed E-state index contributed by atoms with van der Waals surface area (Å²) in [5, 5.41) is 0. The zero-order chi connectivity index (χ0) is 14.8. The minimum Gasteiger partial charge on any atom is -0.489 e. The smallest absolute Gasteiger partial charge is 0.261 e. The Morgan fingerprint density at radius 3 is 2.32 bits per heavy atom. The monoisotopic (exact) mass is 302 g/mol. The van der Waals surface area contributed by atoms with Gasteiger partial charge in [0, 0.05) is 10.7 Å². The summed E-state index contributed by atoms with van der Waals surface area (Å²) in [5.74, 6) is 0.721. The lowest BCUT2D eigenvalue weighted by atomic mass is 10.1. The fourth-order valence-corrected chi connectivity index (χ4v) is 3.11. The molecule has 0 aliphatic rings. The molecule has 0 unspecified atom stereocenters. The van der Waals surface area contributed by atoms with Crippen LogP contribution in [0.3, 0.4) is 0 Å². The number of halogens is 1. The Morgan fingerprint density at radius 2 is 1.84 bits per heavy atom. The van der Waals surface area contributed by atoms with E-state index in [-0.39, 0.29) is 4.90 Å². The van der Waals surface area contributed by atoms with Crippen LogP contribution in [0.4, 0.5) is 0 Å². The first-order valence-corrected chi connectivity index (χ1v) is 8.27. The van der Waals surface area contributed by atoms with Crippen LogP contribution in [0.5, 0.6) is 5.75 Å². The second-order valence-electron chi connectivity index (χ2n) is 4.80. The molecule has 0 aliphatic heterocycles. The second-order valence-corrected chi connectivity index (χ2v) is 7.34. The number of hydrogen-bond acceptors (Lipinski definition) is 3. The van der Waals surface area contributed by atoms with Gasteiger partial charge in [0.15, 0.2) is 0 Å². The topological polar surface area (TPSA) is 43.4 Å². The van der Waals surface area contributed by atoms with Gasteiger partial charge in [0.1, 0.15) is 12.4 Å². The van der Waals surface area contributed by atoms with Gasteiger partial charge in [0.25, 0.3) is 9.05 Å². The summed E-state index contributed by atoms with van der Waals surface area (Å²) in [6.45, 7) is 9.85. The summed E-state index contributed by atoms with van der Waals surface area (Å²) in [6, 6.07) is 1.56. The molecule has 1 aromatic carbocycles. The van der Waals surface area contributed by atoms with Gasteiger partial charge in [-0.25, -0.2) is 8.42 Å². The zero-order valence-electron chi connectivity index (χ0n) is 11.9. The van der Waals surface area contributed by atoms with Gasteiger partial charge in [-0.1, -0.05) is 5.57 Å². The predicted molar refractivity (Wildman–Crippen MR) is 78.6 cm³/mol. The Bertz CT molecular complexity index is 612. The zero-order valence-corrected chi connectivity index (χ0v) is 13.4. The molecule has 0 saturated carbocycles. The first-order chi connectivity index (χ1) is 8.64. The third-order valence-corrected chi connectivity index (χ3v) is 4.41. The molecule has 5 heteroatoms. The van der Waals surface area contributed by atoms with Gasteiger partial charge >= 0.3 is 0 Å². The number of hydrogen-bond donors (Lipinski definition) is 0. The molecule has 0 N–H and O–H groups in total. The van der Waals surface area contributed by atoms with Gasteiger partial charge < -0.3 is 4.74 Å². The number of rotatable bonds is 4. The normalized spacial score (nSPS) is 11.3. The maximum Gasteiger partial charge on any atom is 0.261 e. The summed E-state index contributed by atoms with van der Waals surface area (Å²) >= 11 is 0. The lowest BCUT2D eigenvalue weighted by Gasteiger charge is -2.15. The maximum atomic E-state index is 11.5. The van der Waals surface area contributed by atoms with Crippen molar-refractivity contribution in [3.63, 3.8) is 0 Å². The Labute approximate surface area is 119 Å². The molecule has 0 amide bonds. The van der Waals surface area contributed by atoms with Crippen LogP contribution in [-0.4, -0.2) is 15.0 Å². The Morgan fingerprint density at radius 1 is 1.26 bits per heavy atom. The van der Waals surface area contributed by atoms with Gasteiger partial charge in [0.2, 0.25) is 0 Å². The lowest BCUT2D eigenvalue weighted by molar-refractivity contribution is 0.356. The Balaban J connectivity index is 3.24. The Hall–Kier alpha value is -1.00. The van der Waals surface area contributed by atoms with E-state index < -0.39 is 9.05 Å².